The maximum Gasteiger partial charge on any atom is 0.0973 e. The van der Waals surface area contributed by atoms with Crippen LogP contribution in [0, 0.1) is 0 Å². The summed E-state index contributed by atoms with van der Waals surface area (Å²) in [6.07, 6.45) is 1.22. The Morgan fingerprint density at radius 1 is 1.75 bits per heavy atom. The molecule has 1 atom stereocenters. The van der Waals surface area contributed by atoms with E-state index >= 15 is 0 Å². The molecule has 1 aromatic heterocycles. The Hall–Kier alpha value is -0.450. The number of hydrogen-bond acceptors (Lipinski definition) is 4. The average molecular weight is 183 g/mol. The molecule has 2 rings (SSSR count). The summed E-state index contributed by atoms with van der Waals surface area (Å²) in [7, 11) is 0. The van der Waals surface area contributed by atoms with E-state index in [1.54, 1.807) is 11.3 Å². The van der Waals surface area contributed by atoms with Gasteiger partial charge in [-0.15, -0.1) is 11.3 Å². The third-order valence-corrected chi connectivity index (χ3v) is 3.24. The molecule has 0 saturated carbocycles. The lowest BCUT2D eigenvalue weighted by Gasteiger charge is -2.01. The van der Waals surface area contributed by atoms with Crippen LogP contribution in [0.1, 0.15) is 23.0 Å². The van der Waals surface area contributed by atoms with E-state index in [1.165, 1.54) is 11.4 Å². The number of nitrogens with zero attached hydrogens (tertiary/aromatic N) is 1. The zero-order valence-corrected chi connectivity index (χ0v) is 7.73. The van der Waals surface area contributed by atoms with Crippen LogP contribution in [0.15, 0.2) is 5.38 Å². The molecular formula is C8H13N3S. The number of nitrogens with one attached hydrogen (secondary N) is 1. The average Bonchev–Trinajstić information content (AvgIpc) is 2.75. The Morgan fingerprint density at radius 3 is 3.25 bits per heavy atom. The Morgan fingerprint density at radius 2 is 2.67 bits per heavy atom. The highest BCUT2D eigenvalue weighted by molar-refractivity contribution is 7.09. The highest BCUT2D eigenvalue weighted by atomic mass is 32.1. The fraction of sp³-hybridized carbons (Fsp3) is 0.625. The van der Waals surface area contributed by atoms with Gasteiger partial charge < -0.3 is 11.1 Å². The number of nitrogens with two attached hydrogens (primary N) is 1. The summed E-state index contributed by atoms with van der Waals surface area (Å²) in [5.41, 5.74) is 6.52. The van der Waals surface area contributed by atoms with E-state index in [9.17, 15) is 0 Å². The fourth-order valence-corrected chi connectivity index (χ4v) is 2.44. The maximum absolute atomic E-state index is 5.49. The third kappa shape index (κ3) is 1.50. The van der Waals surface area contributed by atoms with Crippen molar-refractivity contribution >= 4 is 11.3 Å². The standard InChI is InChI=1S/C8H13N3S/c9-3-7-5-12-8(11-7)6-1-2-10-4-6/h5-6,10H,1-4,9H2. The molecule has 0 aliphatic carbocycles. The van der Waals surface area contributed by atoms with Gasteiger partial charge in [-0.3, -0.25) is 0 Å². The van der Waals surface area contributed by atoms with Crippen LogP contribution in [-0.4, -0.2) is 18.1 Å². The largest absolute Gasteiger partial charge is 0.325 e. The number of rotatable bonds is 2. The first-order valence-electron chi connectivity index (χ1n) is 4.25. The second-order valence-electron chi connectivity index (χ2n) is 3.07. The van der Waals surface area contributed by atoms with E-state index in [0.29, 0.717) is 12.5 Å². The molecule has 1 fully saturated rings. The van der Waals surface area contributed by atoms with Gasteiger partial charge in [0, 0.05) is 24.4 Å². The van der Waals surface area contributed by atoms with Gasteiger partial charge in [0.1, 0.15) is 0 Å². The molecule has 0 aromatic carbocycles. The van der Waals surface area contributed by atoms with Crippen molar-refractivity contribution in [2.45, 2.75) is 18.9 Å². The summed E-state index contributed by atoms with van der Waals surface area (Å²) < 4.78 is 0. The first kappa shape index (κ1) is 8.16. The Labute approximate surface area is 76.0 Å². The van der Waals surface area contributed by atoms with Crippen molar-refractivity contribution < 1.29 is 0 Å². The predicted molar refractivity (Wildman–Crippen MR) is 50.2 cm³/mol. The van der Waals surface area contributed by atoms with Gasteiger partial charge in [-0.1, -0.05) is 0 Å². The number of thiazole rings is 1. The summed E-state index contributed by atoms with van der Waals surface area (Å²) >= 11 is 1.74. The van der Waals surface area contributed by atoms with Crippen molar-refractivity contribution in [2.24, 2.45) is 5.73 Å². The van der Waals surface area contributed by atoms with Crippen LogP contribution in [0.3, 0.4) is 0 Å². The zero-order valence-electron chi connectivity index (χ0n) is 6.92. The van der Waals surface area contributed by atoms with E-state index in [4.69, 9.17) is 5.73 Å². The molecule has 0 amide bonds. The molecule has 1 aliphatic heterocycles. The van der Waals surface area contributed by atoms with Crippen molar-refractivity contribution in [3.05, 3.63) is 16.1 Å². The molecular weight excluding hydrogens is 170 g/mol. The van der Waals surface area contributed by atoms with E-state index in [1.807, 2.05) is 0 Å². The van der Waals surface area contributed by atoms with Gasteiger partial charge in [0.05, 0.1) is 10.7 Å². The second kappa shape index (κ2) is 3.51. The van der Waals surface area contributed by atoms with Crippen LogP contribution in [0.2, 0.25) is 0 Å². The highest BCUT2D eigenvalue weighted by Crippen LogP contribution is 2.25. The SMILES string of the molecule is NCc1csc(C2CCNC2)n1. The van der Waals surface area contributed by atoms with Crippen molar-refractivity contribution in [1.82, 2.24) is 10.3 Å². The Kier molecular flexibility index (Phi) is 2.39. The summed E-state index contributed by atoms with van der Waals surface area (Å²) in [4.78, 5) is 4.46. The molecule has 1 aromatic rings. The summed E-state index contributed by atoms with van der Waals surface area (Å²) in [6.45, 7) is 2.77. The molecule has 1 saturated heterocycles. The van der Waals surface area contributed by atoms with Crippen LogP contribution < -0.4 is 11.1 Å². The van der Waals surface area contributed by atoms with Gasteiger partial charge >= 0.3 is 0 Å². The molecule has 0 bridgehead atoms. The maximum atomic E-state index is 5.49. The van der Waals surface area contributed by atoms with Gasteiger partial charge in [-0.25, -0.2) is 4.98 Å². The molecule has 12 heavy (non-hydrogen) atoms. The van der Waals surface area contributed by atoms with Crippen LogP contribution in [0.4, 0.5) is 0 Å². The minimum atomic E-state index is 0.566. The monoisotopic (exact) mass is 183 g/mol. The quantitative estimate of drug-likeness (QED) is 0.709. The van der Waals surface area contributed by atoms with Crippen LogP contribution in [-0.2, 0) is 6.54 Å². The van der Waals surface area contributed by atoms with Gasteiger partial charge in [-0.2, -0.15) is 0 Å². The first-order chi connectivity index (χ1) is 5.90. The molecule has 66 valence electrons. The smallest absolute Gasteiger partial charge is 0.0973 e. The summed E-state index contributed by atoms with van der Waals surface area (Å²) in [6, 6.07) is 0. The number of hydrogen-bond donors (Lipinski definition) is 2. The number of aromatic nitrogens is 1. The van der Waals surface area contributed by atoms with Gasteiger partial charge in [0.2, 0.25) is 0 Å². The third-order valence-electron chi connectivity index (χ3n) is 2.19. The fourth-order valence-electron chi connectivity index (χ4n) is 1.47. The Bertz CT molecular complexity index is 253. The van der Waals surface area contributed by atoms with Gasteiger partial charge in [-0.05, 0) is 13.0 Å². The second-order valence-corrected chi connectivity index (χ2v) is 3.96. The normalized spacial score (nSPS) is 23.2. The van der Waals surface area contributed by atoms with Gasteiger partial charge in [0.15, 0.2) is 0 Å². The molecule has 1 unspecified atom stereocenters. The molecule has 4 heteroatoms. The van der Waals surface area contributed by atoms with Crippen molar-refractivity contribution in [1.29, 1.82) is 0 Å². The van der Waals surface area contributed by atoms with Crippen molar-refractivity contribution in [3.63, 3.8) is 0 Å². The van der Waals surface area contributed by atoms with Crippen molar-refractivity contribution in [2.75, 3.05) is 13.1 Å². The minimum Gasteiger partial charge on any atom is -0.325 e. The van der Waals surface area contributed by atoms with Crippen LogP contribution >= 0.6 is 11.3 Å². The molecule has 0 spiro atoms. The van der Waals surface area contributed by atoms with Crippen LogP contribution in [0.5, 0.6) is 0 Å². The van der Waals surface area contributed by atoms with Crippen molar-refractivity contribution in [3.8, 4) is 0 Å². The lowest BCUT2D eigenvalue weighted by atomic mass is 10.1. The lowest BCUT2D eigenvalue weighted by molar-refractivity contribution is 0.749. The predicted octanol–water partition coefficient (Wildman–Crippen LogP) is 0.679. The Balaban J connectivity index is 2.11. The van der Waals surface area contributed by atoms with E-state index in [-0.39, 0.29) is 0 Å². The molecule has 3 nitrogen and oxygen atoms in total. The molecule has 1 aliphatic rings. The summed E-state index contributed by atoms with van der Waals surface area (Å²) in [5.74, 6) is 0.635. The molecule has 0 radical (unpaired) electrons. The van der Waals surface area contributed by atoms with E-state index in [2.05, 4.69) is 15.7 Å². The summed E-state index contributed by atoms with van der Waals surface area (Å²) in [5, 5.41) is 6.65. The molecule has 3 N–H and O–H groups in total. The van der Waals surface area contributed by atoms with Crippen LogP contribution in [0.25, 0.3) is 0 Å². The van der Waals surface area contributed by atoms with E-state index in [0.717, 1.165) is 18.8 Å². The van der Waals surface area contributed by atoms with E-state index < -0.39 is 0 Å². The van der Waals surface area contributed by atoms with Gasteiger partial charge in [0.25, 0.3) is 0 Å². The topological polar surface area (TPSA) is 50.9 Å². The zero-order chi connectivity index (χ0) is 8.39. The minimum absolute atomic E-state index is 0.566. The first-order valence-corrected chi connectivity index (χ1v) is 5.13. The highest BCUT2D eigenvalue weighted by Gasteiger charge is 2.19. The molecule has 2 heterocycles. The lowest BCUT2D eigenvalue weighted by Crippen LogP contribution is -2.08.